The molecule has 0 atom stereocenters. The van der Waals surface area contributed by atoms with Crippen molar-refractivity contribution in [2.24, 2.45) is 7.05 Å². The number of nitrogens with zero attached hydrogens (tertiary/aromatic N) is 2. The molecule has 0 aliphatic rings. The number of aryl methyl sites for hydroxylation is 4. The molecule has 3 nitrogen and oxygen atoms in total. The Morgan fingerprint density at radius 3 is 2.61 bits per heavy atom. The third kappa shape index (κ3) is 2.51. The first-order valence-corrected chi connectivity index (χ1v) is 6.36. The highest BCUT2D eigenvalue weighted by atomic mass is 35.5. The third-order valence-electron chi connectivity index (χ3n) is 3.10. The standard InChI is InChI=1S/C14H18ClN3/c1-9-5-6-10(2)12(7-9)16-8-13-14(15)11(3)17-18(13)4/h5-7,16H,8H2,1-4H3. The monoisotopic (exact) mass is 263 g/mol. The lowest BCUT2D eigenvalue weighted by atomic mass is 10.1. The van der Waals surface area contributed by atoms with Crippen molar-refractivity contribution in [2.45, 2.75) is 27.3 Å². The van der Waals surface area contributed by atoms with Crippen LogP contribution in [-0.2, 0) is 13.6 Å². The van der Waals surface area contributed by atoms with Crippen molar-refractivity contribution in [3.05, 3.63) is 45.7 Å². The molecule has 0 unspecified atom stereocenters. The summed E-state index contributed by atoms with van der Waals surface area (Å²) in [5.41, 5.74) is 5.50. The van der Waals surface area contributed by atoms with Gasteiger partial charge in [-0.15, -0.1) is 0 Å². The van der Waals surface area contributed by atoms with Gasteiger partial charge in [-0.05, 0) is 38.0 Å². The Morgan fingerprint density at radius 2 is 2.00 bits per heavy atom. The minimum Gasteiger partial charge on any atom is -0.379 e. The summed E-state index contributed by atoms with van der Waals surface area (Å²) in [5.74, 6) is 0. The van der Waals surface area contributed by atoms with E-state index in [0.29, 0.717) is 6.54 Å². The molecule has 0 aliphatic heterocycles. The van der Waals surface area contributed by atoms with Gasteiger partial charge in [0.15, 0.2) is 0 Å². The average Bonchev–Trinajstić information content (AvgIpc) is 2.55. The van der Waals surface area contributed by atoms with E-state index >= 15 is 0 Å². The molecule has 0 amide bonds. The van der Waals surface area contributed by atoms with Crippen LogP contribution in [0.3, 0.4) is 0 Å². The first-order chi connectivity index (χ1) is 8.49. The molecule has 2 rings (SSSR count). The van der Waals surface area contributed by atoms with Gasteiger partial charge in [0.2, 0.25) is 0 Å². The van der Waals surface area contributed by atoms with Gasteiger partial charge in [0.05, 0.1) is 23.0 Å². The van der Waals surface area contributed by atoms with Crippen LogP contribution in [0.4, 0.5) is 5.69 Å². The Labute approximate surface area is 113 Å². The fourth-order valence-corrected chi connectivity index (χ4v) is 2.20. The number of rotatable bonds is 3. The normalized spacial score (nSPS) is 10.7. The van der Waals surface area contributed by atoms with Crippen molar-refractivity contribution in [1.82, 2.24) is 9.78 Å². The summed E-state index contributed by atoms with van der Waals surface area (Å²) in [6.45, 7) is 6.79. The van der Waals surface area contributed by atoms with E-state index in [1.165, 1.54) is 11.1 Å². The summed E-state index contributed by atoms with van der Waals surface area (Å²) < 4.78 is 1.83. The average molecular weight is 264 g/mol. The second-order valence-electron chi connectivity index (χ2n) is 4.64. The zero-order valence-corrected chi connectivity index (χ0v) is 12.0. The molecule has 0 radical (unpaired) electrons. The highest BCUT2D eigenvalue weighted by Crippen LogP contribution is 2.22. The number of hydrogen-bond donors (Lipinski definition) is 1. The molecular weight excluding hydrogens is 246 g/mol. The van der Waals surface area contributed by atoms with E-state index in [-0.39, 0.29) is 0 Å². The molecule has 0 bridgehead atoms. The fraction of sp³-hybridized carbons (Fsp3) is 0.357. The Bertz CT molecular complexity index is 573. The van der Waals surface area contributed by atoms with Crippen LogP contribution in [0.5, 0.6) is 0 Å². The summed E-state index contributed by atoms with van der Waals surface area (Å²) in [4.78, 5) is 0. The summed E-state index contributed by atoms with van der Waals surface area (Å²) in [6.07, 6.45) is 0. The lowest BCUT2D eigenvalue weighted by Crippen LogP contribution is -2.07. The first-order valence-electron chi connectivity index (χ1n) is 5.98. The smallest absolute Gasteiger partial charge is 0.0865 e. The quantitative estimate of drug-likeness (QED) is 0.917. The van der Waals surface area contributed by atoms with Crippen molar-refractivity contribution in [1.29, 1.82) is 0 Å². The highest BCUT2D eigenvalue weighted by Gasteiger charge is 2.10. The maximum Gasteiger partial charge on any atom is 0.0865 e. The highest BCUT2D eigenvalue weighted by molar-refractivity contribution is 6.31. The number of halogens is 1. The van der Waals surface area contributed by atoms with Crippen LogP contribution in [0.1, 0.15) is 22.5 Å². The Balaban J connectivity index is 2.19. The van der Waals surface area contributed by atoms with E-state index in [2.05, 4.69) is 42.5 Å². The van der Waals surface area contributed by atoms with E-state index in [4.69, 9.17) is 11.6 Å². The van der Waals surface area contributed by atoms with Gasteiger partial charge in [-0.25, -0.2) is 0 Å². The van der Waals surface area contributed by atoms with Crippen molar-refractivity contribution in [3.63, 3.8) is 0 Å². The van der Waals surface area contributed by atoms with Crippen molar-refractivity contribution in [2.75, 3.05) is 5.32 Å². The largest absolute Gasteiger partial charge is 0.379 e. The topological polar surface area (TPSA) is 29.9 Å². The molecule has 0 fully saturated rings. The molecule has 0 saturated heterocycles. The van der Waals surface area contributed by atoms with Crippen LogP contribution in [0.15, 0.2) is 18.2 Å². The van der Waals surface area contributed by atoms with E-state index in [1.54, 1.807) is 0 Å². The number of hydrogen-bond acceptors (Lipinski definition) is 2. The lowest BCUT2D eigenvalue weighted by Gasteiger charge is -2.11. The number of benzene rings is 1. The number of nitrogens with one attached hydrogen (secondary N) is 1. The van der Waals surface area contributed by atoms with Gasteiger partial charge >= 0.3 is 0 Å². The number of anilines is 1. The Hall–Kier alpha value is -1.48. The zero-order valence-electron chi connectivity index (χ0n) is 11.2. The van der Waals surface area contributed by atoms with Crippen LogP contribution in [0, 0.1) is 20.8 Å². The van der Waals surface area contributed by atoms with Gasteiger partial charge in [0.1, 0.15) is 0 Å². The fourth-order valence-electron chi connectivity index (χ4n) is 1.98. The van der Waals surface area contributed by atoms with E-state index in [1.807, 2.05) is 18.7 Å². The van der Waals surface area contributed by atoms with Gasteiger partial charge in [-0.3, -0.25) is 4.68 Å². The van der Waals surface area contributed by atoms with E-state index in [0.717, 1.165) is 22.1 Å². The van der Waals surface area contributed by atoms with Gasteiger partial charge in [-0.1, -0.05) is 23.7 Å². The summed E-state index contributed by atoms with van der Waals surface area (Å²) in [5, 5.41) is 8.47. The maximum atomic E-state index is 6.23. The predicted octanol–water partition coefficient (Wildman–Crippen LogP) is 3.61. The van der Waals surface area contributed by atoms with Gasteiger partial charge < -0.3 is 5.32 Å². The van der Waals surface area contributed by atoms with Gasteiger partial charge in [-0.2, -0.15) is 5.10 Å². The predicted molar refractivity (Wildman–Crippen MR) is 76.2 cm³/mol. The molecule has 4 heteroatoms. The molecule has 0 aliphatic carbocycles. The van der Waals surface area contributed by atoms with Crippen LogP contribution in [0.2, 0.25) is 5.02 Å². The molecule has 1 heterocycles. The Kier molecular flexibility index (Phi) is 3.62. The van der Waals surface area contributed by atoms with Crippen LogP contribution in [-0.4, -0.2) is 9.78 Å². The molecule has 96 valence electrons. The van der Waals surface area contributed by atoms with Gasteiger partial charge in [0, 0.05) is 12.7 Å². The van der Waals surface area contributed by atoms with Crippen molar-refractivity contribution in [3.8, 4) is 0 Å². The zero-order chi connectivity index (χ0) is 13.3. The van der Waals surface area contributed by atoms with E-state index < -0.39 is 0 Å². The first kappa shape index (κ1) is 13.0. The Morgan fingerprint density at radius 1 is 1.28 bits per heavy atom. The molecule has 1 aromatic heterocycles. The minimum absolute atomic E-state index is 0.681. The van der Waals surface area contributed by atoms with Crippen LogP contribution in [0.25, 0.3) is 0 Å². The van der Waals surface area contributed by atoms with Crippen LogP contribution < -0.4 is 5.32 Å². The summed E-state index contributed by atoms with van der Waals surface area (Å²) in [6, 6.07) is 6.38. The molecule has 18 heavy (non-hydrogen) atoms. The molecule has 0 saturated carbocycles. The van der Waals surface area contributed by atoms with Crippen molar-refractivity contribution >= 4 is 17.3 Å². The molecule has 1 N–H and O–H groups in total. The van der Waals surface area contributed by atoms with Gasteiger partial charge in [0.25, 0.3) is 0 Å². The molecular formula is C14H18ClN3. The second kappa shape index (κ2) is 5.02. The summed E-state index contributed by atoms with van der Waals surface area (Å²) >= 11 is 6.23. The molecule has 0 spiro atoms. The maximum absolute atomic E-state index is 6.23. The minimum atomic E-state index is 0.681. The molecule has 1 aromatic carbocycles. The third-order valence-corrected chi connectivity index (χ3v) is 3.59. The van der Waals surface area contributed by atoms with Crippen LogP contribution >= 0.6 is 11.6 Å². The van der Waals surface area contributed by atoms with E-state index in [9.17, 15) is 0 Å². The van der Waals surface area contributed by atoms with Crippen molar-refractivity contribution < 1.29 is 0 Å². The summed E-state index contributed by atoms with van der Waals surface area (Å²) in [7, 11) is 1.92. The molecule has 2 aromatic rings. The SMILES string of the molecule is Cc1ccc(C)c(NCc2c(Cl)c(C)nn2C)c1. The number of aromatic nitrogens is 2. The second-order valence-corrected chi connectivity index (χ2v) is 5.02. The lowest BCUT2D eigenvalue weighted by molar-refractivity contribution is 0.713.